The van der Waals surface area contributed by atoms with E-state index in [0.717, 1.165) is 22.7 Å². The fourth-order valence-corrected chi connectivity index (χ4v) is 2.56. The van der Waals surface area contributed by atoms with E-state index >= 15 is 0 Å². The van der Waals surface area contributed by atoms with Crippen LogP contribution in [-0.2, 0) is 13.0 Å². The molecule has 6 nitrogen and oxygen atoms in total. The lowest BCUT2D eigenvalue weighted by atomic mass is 10.0. The maximum Gasteiger partial charge on any atom is 0.268 e. The standard InChI is InChI=1S/C16H21N3O3/c1-6-12-14(10(4)20)9(3)19-15(12)16(21)17-7-13-18-8(2)11(5)22-13/h19H,6-7H2,1-5H3,(H,17,21). The Labute approximate surface area is 129 Å². The van der Waals surface area contributed by atoms with Crippen LogP contribution in [0.1, 0.15) is 63.3 Å². The number of hydrogen-bond acceptors (Lipinski definition) is 4. The third-order valence-electron chi connectivity index (χ3n) is 3.70. The predicted octanol–water partition coefficient (Wildman–Crippen LogP) is 2.62. The van der Waals surface area contributed by atoms with Crippen molar-refractivity contribution in [2.75, 3.05) is 0 Å². The second kappa shape index (κ2) is 6.17. The summed E-state index contributed by atoms with van der Waals surface area (Å²) in [5.41, 5.74) is 3.33. The van der Waals surface area contributed by atoms with E-state index in [1.807, 2.05) is 20.8 Å². The first kappa shape index (κ1) is 16.0. The van der Waals surface area contributed by atoms with Crippen molar-refractivity contribution in [2.45, 2.75) is 47.6 Å². The van der Waals surface area contributed by atoms with Crippen molar-refractivity contribution in [1.29, 1.82) is 0 Å². The minimum absolute atomic E-state index is 0.0383. The van der Waals surface area contributed by atoms with Gasteiger partial charge in [-0.05, 0) is 39.7 Å². The van der Waals surface area contributed by atoms with E-state index in [0.29, 0.717) is 23.6 Å². The number of hydrogen-bond donors (Lipinski definition) is 2. The molecule has 22 heavy (non-hydrogen) atoms. The van der Waals surface area contributed by atoms with Gasteiger partial charge in [0.15, 0.2) is 5.78 Å². The minimum atomic E-state index is -0.263. The number of aromatic amines is 1. The fourth-order valence-electron chi connectivity index (χ4n) is 2.56. The third-order valence-corrected chi connectivity index (χ3v) is 3.70. The molecule has 0 atom stereocenters. The summed E-state index contributed by atoms with van der Waals surface area (Å²) in [4.78, 5) is 31.3. The highest BCUT2D eigenvalue weighted by molar-refractivity contribution is 6.02. The highest BCUT2D eigenvalue weighted by atomic mass is 16.4. The Morgan fingerprint density at radius 2 is 1.95 bits per heavy atom. The molecule has 1 amide bonds. The lowest BCUT2D eigenvalue weighted by Gasteiger charge is -2.04. The highest BCUT2D eigenvalue weighted by Gasteiger charge is 2.21. The first-order chi connectivity index (χ1) is 10.3. The second-order valence-corrected chi connectivity index (χ2v) is 5.32. The van der Waals surface area contributed by atoms with Crippen molar-refractivity contribution in [3.05, 3.63) is 39.9 Å². The van der Waals surface area contributed by atoms with Crippen LogP contribution in [0.3, 0.4) is 0 Å². The number of aromatic nitrogens is 2. The summed E-state index contributed by atoms with van der Waals surface area (Å²) in [5, 5.41) is 2.77. The minimum Gasteiger partial charge on any atom is -0.444 e. The van der Waals surface area contributed by atoms with Crippen LogP contribution in [-0.4, -0.2) is 21.7 Å². The van der Waals surface area contributed by atoms with Crippen LogP contribution in [0.25, 0.3) is 0 Å². The van der Waals surface area contributed by atoms with Crippen LogP contribution in [0.15, 0.2) is 4.42 Å². The van der Waals surface area contributed by atoms with E-state index in [-0.39, 0.29) is 18.2 Å². The Morgan fingerprint density at radius 3 is 2.45 bits per heavy atom. The molecule has 0 aliphatic rings. The van der Waals surface area contributed by atoms with Crippen LogP contribution in [0.4, 0.5) is 0 Å². The van der Waals surface area contributed by atoms with Gasteiger partial charge in [0.05, 0.1) is 12.2 Å². The fraction of sp³-hybridized carbons (Fsp3) is 0.438. The summed E-state index contributed by atoms with van der Waals surface area (Å²) < 4.78 is 5.43. The molecule has 0 bridgehead atoms. The number of amides is 1. The molecule has 0 saturated heterocycles. The molecule has 6 heteroatoms. The molecule has 2 aromatic heterocycles. The Hall–Kier alpha value is -2.37. The van der Waals surface area contributed by atoms with Crippen molar-refractivity contribution in [2.24, 2.45) is 0 Å². The van der Waals surface area contributed by atoms with E-state index in [4.69, 9.17) is 4.42 Å². The van der Waals surface area contributed by atoms with Gasteiger partial charge in [-0.1, -0.05) is 6.92 Å². The zero-order chi connectivity index (χ0) is 16.4. The molecule has 0 aliphatic carbocycles. The van der Waals surface area contributed by atoms with Gasteiger partial charge < -0.3 is 14.7 Å². The Balaban J connectivity index is 2.19. The lowest BCUT2D eigenvalue weighted by molar-refractivity contribution is 0.0941. The normalized spacial score (nSPS) is 10.8. The molecule has 0 fully saturated rings. The number of aryl methyl sites for hydroxylation is 3. The third kappa shape index (κ3) is 2.95. The van der Waals surface area contributed by atoms with E-state index in [1.165, 1.54) is 6.92 Å². The van der Waals surface area contributed by atoms with Crippen LogP contribution in [0.2, 0.25) is 0 Å². The average Bonchev–Trinajstić information content (AvgIpc) is 2.96. The van der Waals surface area contributed by atoms with Crippen molar-refractivity contribution >= 4 is 11.7 Å². The zero-order valence-electron chi connectivity index (χ0n) is 13.6. The largest absolute Gasteiger partial charge is 0.444 e. The van der Waals surface area contributed by atoms with Gasteiger partial charge in [-0.3, -0.25) is 9.59 Å². The number of carbonyl (C=O) groups excluding carboxylic acids is 2. The molecule has 2 aromatic rings. The number of oxazole rings is 1. The molecule has 0 aliphatic heterocycles. The Kier molecular flexibility index (Phi) is 4.49. The number of nitrogens with one attached hydrogen (secondary N) is 2. The van der Waals surface area contributed by atoms with Gasteiger partial charge in [0.1, 0.15) is 11.5 Å². The van der Waals surface area contributed by atoms with Crippen molar-refractivity contribution in [1.82, 2.24) is 15.3 Å². The van der Waals surface area contributed by atoms with Gasteiger partial charge in [0.2, 0.25) is 5.89 Å². The summed E-state index contributed by atoms with van der Waals surface area (Å²) in [6.07, 6.45) is 0.610. The summed E-state index contributed by atoms with van der Waals surface area (Å²) in [6, 6.07) is 0. The molecule has 0 radical (unpaired) electrons. The van der Waals surface area contributed by atoms with Crippen molar-refractivity contribution in [3.8, 4) is 0 Å². The van der Waals surface area contributed by atoms with Crippen molar-refractivity contribution < 1.29 is 14.0 Å². The van der Waals surface area contributed by atoms with E-state index in [2.05, 4.69) is 15.3 Å². The summed E-state index contributed by atoms with van der Waals surface area (Å²) in [5.74, 6) is 0.911. The summed E-state index contributed by atoms with van der Waals surface area (Å²) in [6.45, 7) is 9.13. The van der Waals surface area contributed by atoms with Crippen LogP contribution >= 0.6 is 0 Å². The monoisotopic (exact) mass is 303 g/mol. The van der Waals surface area contributed by atoms with Crippen molar-refractivity contribution in [3.63, 3.8) is 0 Å². The number of carbonyl (C=O) groups is 2. The molecular formula is C16H21N3O3. The Morgan fingerprint density at radius 1 is 1.27 bits per heavy atom. The van der Waals surface area contributed by atoms with Gasteiger partial charge in [0.25, 0.3) is 5.91 Å². The maximum absolute atomic E-state index is 12.4. The SMILES string of the molecule is CCc1c(C(=O)NCc2nc(C)c(C)o2)[nH]c(C)c1C(C)=O. The maximum atomic E-state index is 12.4. The van der Waals surface area contributed by atoms with Crippen LogP contribution < -0.4 is 5.32 Å². The quantitative estimate of drug-likeness (QED) is 0.831. The predicted molar refractivity (Wildman–Crippen MR) is 82.1 cm³/mol. The molecule has 0 unspecified atom stereocenters. The smallest absolute Gasteiger partial charge is 0.268 e. The van der Waals surface area contributed by atoms with E-state index in [1.54, 1.807) is 6.92 Å². The summed E-state index contributed by atoms with van der Waals surface area (Å²) >= 11 is 0. The molecule has 2 N–H and O–H groups in total. The topological polar surface area (TPSA) is 88.0 Å². The lowest BCUT2D eigenvalue weighted by Crippen LogP contribution is -2.24. The molecule has 0 spiro atoms. The average molecular weight is 303 g/mol. The number of rotatable bonds is 5. The molecule has 2 rings (SSSR count). The van der Waals surface area contributed by atoms with Crippen LogP contribution in [0, 0.1) is 20.8 Å². The number of ketones is 1. The molecular weight excluding hydrogens is 282 g/mol. The van der Waals surface area contributed by atoms with Gasteiger partial charge in [-0.25, -0.2) is 4.98 Å². The van der Waals surface area contributed by atoms with E-state index in [9.17, 15) is 9.59 Å². The van der Waals surface area contributed by atoms with Gasteiger partial charge >= 0.3 is 0 Å². The van der Waals surface area contributed by atoms with E-state index < -0.39 is 0 Å². The number of nitrogens with zero attached hydrogens (tertiary/aromatic N) is 1. The van der Waals surface area contributed by atoms with Crippen LogP contribution in [0.5, 0.6) is 0 Å². The highest BCUT2D eigenvalue weighted by Crippen LogP contribution is 2.20. The molecule has 0 aromatic carbocycles. The van der Waals surface area contributed by atoms with Gasteiger partial charge in [-0.2, -0.15) is 0 Å². The molecule has 0 saturated carbocycles. The second-order valence-electron chi connectivity index (χ2n) is 5.32. The number of H-pyrrole nitrogens is 1. The first-order valence-corrected chi connectivity index (χ1v) is 7.28. The Bertz CT molecular complexity index is 706. The molecule has 2 heterocycles. The summed E-state index contributed by atoms with van der Waals surface area (Å²) in [7, 11) is 0. The number of Topliss-reactive ketones (excluding diaryl/α,β-unsaturated/α-hetero) is 1. The van der Waals surface area contributed by atoms with Gasteiger partial charge in [-0.15, -0.1) is 0 Å². The zero-order valence-corrected chi connectivity index (χ0v) is 13.6. The molecule has 118 valence electrons. The first-order valence-electron chi connectivity index (χ1n) is 7.28. The van der Waals surface area contributed by atoms with Gasteiger partial charge in [0, 0.05) is 11.3 Å².